The Kier molecular flexibility index (Phi) is 4.16. The van der Waals surface area contributed by atoms with E-state index < -0.39 is 5.97 Å². The highest BCUT2D eigenvalue weighted by Gasteiger charge is 2.58. The van der Waals surface area contributed by atoms with Gasteiger partial charge in [0.1, 0.15) is 11.9 Å². The van der Waals surface area contributed by atoms with Crippen molar-refractivity contribution in [1.29, 1.82) is 0 Å². The number of carbonyl (C=O) groups is 1. The fourth-order valence-corrected chi connectivity index (χ4v) is 3.90. The molecule has 120 valence electrons. The van der Waals surface area contributed by atoms with Crippen molar-refractivity contribution in [3.05, 3.63) is 29.8 Å². The first-order valence-electron chi connectivity index (χ1n) is 8.47. The number of aliphatic carboxylic acids is 1. The van der Waals surface area contributed by atoms with Crippen LogP contribution in [0.2, 0.25) is 0 Å². The summed E-state index contributed by atoms with van der Waals surface area (Å²) in [6.07, 6.45) is 6.08. The van der Waals surface area contributed by atoms with Crippen LogP contribution in [0.15, 0.2) is 24.3 Å². The maximum Gasteiger partial charge on any atom is 0.306 e. The van der Waals surface area contributed by atoms with Crippen molar-refractivity contribution in [2.24, 2.45) is 17.3 Å². The highest BCUT2D eigenvalue weighted by Crippen LogP contribution is 2.59. The van der Waals surface area contributed by atoms with Crippen LogP contribution in [0.5, 0.6) is 5.75 Å². The van der Waals surface area contributed by atoms with Crippen molar-refractivity contribution >= 4 is 5.97 Å². The van der Waals surface area contributed by atoms with Gasteiger partial charge in [-0.25, -0.2) is 0 Å². The van der Waals surface area contributed by atoms with E-state index in [4.69, 9.17) is 4.74 Å². The third kappa shape index (κ3) is 3.29. The first-order valence-corrected chi connectivity index (χ1v) is 8.47. The predicted molar refractivity (Wildman–Crippen MR) is 86.0 cm³/mol. The predicted octanol–water partition coefficient (Wildman–Crippen LogP) is 4.30. The Bertz CT molecular complexity index is 534. The Morgan fingerprint density at radius 2 is 2.05 bits per heavy atom. The molecule has 1 spiro atoms. The van der Waals surface area contributed by atoms with Crippen molar-refractivity contribution in [2.75, 3.05) is 0 Å². The van der Waals surface area contributed by atoms with Gasteiger partial charge in [0.05, 0.1) is 5.92 Å². The summed E-state index contributed by atoms with van der Waals surface area (Å²) in [6.45, 7) is 4.45. The molecule has 2 aliphatic carbocycles. The fourth-order valence-electron chi connectivity index (χ4n) is 3.90. The molecule has 3 heteroatoms. The van der Waals surface area contributed by atoms with E-state index in [9.17, 15) is 9.90 Å². The van der Waals surface area contributed by atoms with Crippen molar-refractivity contribution in [3.8, 4) is 5.75 Å². The summed E-state index contributed by atoms with van der Waals surface area (Å²) in [5.74, 6) is 0.777. The van der Waals surface area contributed by atoms with E-state index in [-0.39, 0.29) is 17.4 Å². The minimum Gasteiger partial charge on any atom is -0.490 e. The molecule has 22 heavy (non-hydrogen) atoms. The Labute approximate surface area is 132 Å². The van der Waals surface area contributed by atoms with Crippen LogP contribution in [0.25, 0.3) is 0 Å². The molecule has 0 saturated heterocycles. The molecule has 0 radical (unpaired) electrons. The lowest BCUT2D eigenvalue weighted by Crippen LogP contribution is -2.26. The average molecular weight is 302 g/mol. The standard InChI is InChI=1S/C19H26O3/c1-13(2)10-14-5-7-16(8-6-14)22-17-12-19(17)9-3-4-15(11-19)18(20)21/h5-8,13,15,17H,3-4,9-12H2,1-2H3,(H,20,21)/t15-,17-,19-/m0/s1. The Morgan fingerprint density at radius 3 is 2.68 bits per heavy atom. The smallest absolute Gasteiger partial charge is 0.306 e. The topological polar surface area (TPSA) is 46.5 Å². The molecule has 3 nitrogen and oxygen atoms in total. The van der Waals surface area contributed by atoms with Crippen LogP contribution in [-0.4, -0.2) is 17.2 Å². The second kappa shape index (κ2) is 5.94. The maximum atomic E-state index is 11.2. The molecule has 1 N–H and O–H groups in total. The van der Waals surface area contributed by atoms with E-state index in [1.165, 1.54) is 5.56 Å². The summed E-state index contributed by atoms with van der Waals surface area (Å²) in [7, 11) is 0. The Hall–Kier alpha value is -1.51. The molecule has 2 fully saturated rings. The van der Waals surface area contributed by atoms with Gasteiger partial charge in [-0.1, -0.05) is 32.4 Å². The summed E-state index contributed by atoms with van der Waals surface area (Å²) < 4.78 is 6.11. The SMILES string of the molecule is CC(C)Cc1ccc(O[C@H]2C[C@@]23CCC[C@H](C(=O)O)C3)cc1. The second-order valence-electron chi connectivity index (χ2n) is 7.55. The minimum atomic E-state index is -0.636. The van der Waals surface area contributed by atoms with Crippen molar-refractivity contribution in [2.45, 2.75) is 58.5 Å². The van der Waals surface area contributed by atoms with Crippen LogP contribution in [-0.2, 0) is 11.2 Å². The summed E-state index contributed by atoms with van der Waals surface area (Å²) in [5.41, 5.74) is 1.48. The van der Waals surface area contributed by atoms with Gasteiger partial charge in [0.15, 0.2) is 0 Å². The number of ether oxygens (including phenoxy) is 1. The van der Waals surface area contributed by atoms with E-state index in [2.05, 4.69) is 38.1 Å². The van der Waals surface area contributed by atoms with E-state index in [1.807, 2.05) is 0 Å². The van der Waals surface area contributed by atoms with Crippen LogP contribution in [0.3, 0.4) is 0 Å². The molecule has 1 aromatic carbocycles. The highest BCUT2D eigenvalue weighted by atomic mass is 16.5. The molecule has 2 saturated carbocycles. The highest BCUT2D eigenvalue weighted by molar-refractivity contribution is 5.70. The molecule has 0 aliphatic heterocycles. The van der Waals surface area contributed by atoms with E-state index >= 15 is 0 Å². The number of rotatable bonds is 5. The lowest BCUT2D eigenvalue weighted by atomic mass is 9.79. The molecule has 0 unspecified atom stereocenters. The lowest BCUT2D eigenvalue weighted by Gasteiger charge is -2.27. The monoisotopic (exact) mass is 302 g/mol. The average Bonchev–Trinajstić information content (AvgIpc) is 3.11. The number of carboxylic acid groups (broad SMARTS) is 1. The van der Waals surface area contributed by atoms with Crippen molar-refractivity contribution in [1.82, 2.24) is 0 Å². The van der Waals surface area contributed by atoms with Gasteiger partial charge in [0.25, 0.3) is 0 Å². The number of hydrogen-bond donors (Lipinski definition) is 1. The summed E-state index contributed by atoms with van der Waals surface area (Å²) in [6, 6.07) is 8.40. The summed E-state index contributed by atoms with van der Waals surface area (Å²) in [4.78, 5) is 11.2. The summed E-state index contributed by atoms with van der Waals surface area (Å²) in [5, 5.41) is 9.24. The second-order valence-corrected chi connectivity index (χ2v) is 7.55. The normalized spacial score (nSPS) is 30.5. The van der Waals surface area contributed by atoms with Crippen LogP contribution in [0, 0.1) is 17.3 Å². The van der Waals surface area contributed by atoms with E-state index in [1.54, 1.807) is 0 Å². The van der Waals surface area contributed by atoms with Gasteiger partial charge >= 0.3 is 5.97 Å². The zero-order valence-electron chi connectivity index (χ0n) is 13.5. The number of carboxylic acids is 1. The van der Waals surface area contributed by atoms with Gasteiger partial charge in [-0.05, 0) is 55.7 Å². The third-order valence-electron chi connectivity index (χ3n) is 5.19. The zero-order valence-corrected chi connectivity index (χ0v) is 13.5. The molecule has 3 atom stereocenters. The quantitative estimate of drug-likeness (QED) is 0.882. The summed E-state index contributed by atoms with van der Waals surface area (Å²) >= 11 is 0. The van der Waals surface area contributed by atoms with Gasteiger partial charge < -0.3 is 9.84 Å². The van der Waals surface area contributed by atoms with E-state index in [0.717, 1.165) is 44.3 Å². The molecule has 2 aliphatic rings. The van der Waals surface area contributed by atoms with Crippen LogP contribution in [0.4, 0.5) is 0 Å². The molecule has 1 aromatic rings. The molecule has 0 heterocycles. The lowest BCUT2D eigenvalue weighted by molar-refractivity contribution is -0.143. The van der Waals surface area contributed by atoms with Gasteiger partial charge in [-0.2, -0.15) is 0 Å². The molecule has 0 amide bonds. The van der Waals surface area contributed by atoms with Crippen LogP contribution >= 0.6 is 0 Å². The fraction of sp³-hybridized carbons (Fsp3) is 0.632. The first kappa shape index (κ1) is 15.4. The Morgan fingerprint density at radius 1 is 1.32 bits per heavy atom. The Balaban J connectivity index is 1.57. The van der Waals surface area contributed by atoms with Crippen molar-refractivity contribution < 1.29 is 14.6 Å². The first-order chi connectivity index (χ1) is 10.5. The number of hydrogen-bond acceptors (Lipinski definition) is 2. The zero-order chi connectivity index (χ0) is 15.7. The molecule has 0 bridgehead atoms. The third-order valence-corrected chi connectivity index (χ3v) is 5.19. The van der Waals surface area contributed by atoms with Crippen molar-refractivity contribution in [3.63, 3.8) is 0 Å². The van der Waals surface area contributed by atoms with Crippen LogP contribution < -0.4 is 4.74 Å². The van der Waals surface area contributed by atoms with E-state index in [0.29, 0.717) is 5.92 Å². The molecule has 3 rings (SSSR count). The largest absolute Gasteiger partial charge is 0.490 e. The minimum absolute atomic E-state index is 0.137. The number of benzene rings is 1. The van der Waals surface area contributed by atoms with Gasteiger partial charge in [0.2, 0.25) is 0 Å². The molecular formula is C19H26O3. The molecular weight excluding hydrogens is 276 g/mol. The maximum absolute atomic E-state index is 11.2. The molecule has 0 aromatic heterocycles. The van der Waals surface area contributed by atoms with Crippen LogP contribution in [0.1, 0.15) is 51.5 Å². The van der Waals surface area contributed by atoms with Gasteiger partial charge in [-0.3, -0.25) is 4.79 Å². The van der Waals surface area contributed by atoms with Gasteiger partial charge in [0, 0.05) is 5.41 Å². The van der Waals surface area contributed by atoms with Gasteiger partial charge in [-0.15, -0.1) is 0 Å².